The van der Waals surface area contributed by atoms with Gasteiger partial charge in [-0.2, -0.15) is 0 Å². The zero-order valence-electron chi connectivity index (χ0n) is 7.60. The van der Waals surface area contributed by atoms with Crippen LogP contribution in [0.4, 0.5) is 0 Å². The fourth-order valence-electron chi connectivity index (χ4n) is 1.41. The van der Waals surface area contributed by atoms with Crippen molar-refractivity contribution in [2.24, 2.45) is 0 Å². The largest absolute Gasteiger partial charge is 0.481 e. The van der Waals surface area contributed by atoms with E-state index in [1.54, 1.807) is 6.07 Å². The van der Waals surface area contributed by atoms with Gasteiger partial charge in [0.2, 0.25) is 0 Å². The summed E-state index contributed by atoms with van der Waals surface area (Å²) in [6.07, 6.45) is 0. The van der Waals surface area contributed by atoms with Crippen molar-refractivity contribution >= 4 is 10.8 Å². The molecule has 0 atom stereocenters. The normalized spacial score (nSPS) is 10.0. The number of fused-ring (bicyclic) bond motifs is 1. The van der Waals surface area contributed by atoms with Crippen LogP contribution in [0.2, 0.25) is 0 Å². The van der Waals surface area contributed by atoms with Crippen LogP contribution in [0.15, 0.2) is 55.0 Å². The molecule has 70 valence electrons. The van der Waals surface area contributed by atoms with Crippen LogP contribution in [0.25, 0.3) is 10.8 Å². The Morgan fingerprint density at radius 3 is 2.57 bits per heavy atom. The predicted octanol–water partition coefficient (Wildman–Crippen LogP) is 3.25. The summed E-state index contributed by atoms with van der Waals surface area (Å²) < 4.78 is 5.09. The Hall–Kier alpha value is -1.96. The molecule has 2 heteroatoms. The van der Waals surface area contributed by atoms with Crippen molar-refractivity contribution in [1.29, 1.82) is 0 Å². The molecule has 0 aliphatic rings. The van der Waals surface area contributed by atoms with E-state index >= 15 is 0 Å². The van der Waals surface area contributed by atoms with Crippen LogP contribution in [0, 0.1) is 0 Å². The molecule has 2 aromatic carbocycles. The summed E-state index contributed by atoms with van der Waals surface area (Å²) in [4.78, 5) is 0. The summed E-state index contributed by atoms with van der Waals surface area (Å²) in [5.41, 5.74) is 0. The fraction of sp³-hybridized carbons (Fsp3) is 0. The second-order valence-electron chi connectivity index (χ2n) is 2.97. The fourth-order valence-corrected chi connectivity index (χ4v) is 1.41. The monoisotopic (exact) mass is 186 g/mol. The topological polar surface area (TPSA) is 29.5 Å². The number of ether oxygens (including phenoxy) is 1. The molecule has 0 spiro atoms. The molecular formula is C12H10O2. The van der Waals surface area contributed by atoms with Gasteiger partial charge in [-0.15, -0.1) is 0 Å². The first-order valence-corrected chi connectivity index (χ1v) is 4.31. The molecule has 0 unspecified atom stereocenters. The summed E-state index contributed by atoms with van der Waals surface area (Å²) in [6, 6.07) is 13.5. The van der Waals surface area contributed by atoms with E-state index in [1.807, 2.05) is 36.4 Å². The lowest BCUT2D eigenvalue weighted by Gasteiger charge is -2.06. The van der Waals surface area contributed by atoms with Gasteiger partial charge in [-0.3, -0.25) is 0 Å². The van der Waals surface area contributed by atoms with Crippen LogP contribution in [0.1, 0.15) is 0 Å². The standard InChI is InChI=1S/C12H10O2/c1-9(13)14-12-8-4-6-10-5-2-3-7-11(10)12/h2-8,13H,1H2. The molecule has 1 N–H and O–H groups in total. The molecule has 0 saturated heterocycles. The van der Waals surface area contributed by atoms with Crippen LogP contribution in [-0.2, 0) is 0 Å². The van der Waals surface area contributed by atoms with E-state index in [1.165, 1.54) is 0 Å². The highest BCUT2D eigenvalue weighted by Gasteiger charge is 2.01. The lowest BCUT2D eigenvalue weighted by molar-refractivity contribution is 0.213. The van der Waals surface area contributed by atoms with Gasteiger partial charge in [0.25, 0.3) is 5.95 Å². The quantitative estimate of drug-likeness (QED) is 0.729. The summed E-state index contributed by atoms with van der Waals surface area (Å²) in [7, 11) is 0. The molecular weight excluding hydrogens is 176 g/mol. The number of hydrogen-bond acceptors (Lipinski definition) is 2. The SMILES string of the molecule is C=C(O)Oc1cccc2ccccc12. The second-order valence-corrected chi connectivity index (χ2v) is 2.97. The Kier molecular flexibility index (Phi) is 2.11. The van der Waals surface area contributed by atoms with Gasteiger partial charge in [0.05, 0.1) is 0 Å². The molecule has 0 saturated carbocycles. The van der Waals surface area contributed by atoms with E-state index < -0.39 is 0 Å². The highest BCUT2D eigenvalue weighted by molar-refractivity contribution is 5.88. The third-order valence-corrected chi connectivity index (χ3v) is 1.98. The second kappa shape index (κ2) is 3.42. The van der Waals surface area contributed by atoms with E-state index in [4.69, 9.17) is 9.84 Å². The Bertz CT molecular complexity index is 469. The Morgan fingerprint density at radius 1 is 1.07 bits per heavy atom. The minimum Gasteiger partial charge on any atom is -0.481 e. The highest BCUT2D eigenvalue weighted by Crippen LogP contribution is 2.25. The molecule has 0 heterocycles. The first-order chi connectivity index (χ1) is 6.77. The zero-order chi connectivity index (χ0) is 9.97. The van der Waals surface area contributed by atoms with E-state index in [-0.39, 0.29) is 5.95 Å². The molecule has 0 aliphatic heterocycles. The lowest BCUT2D eigenvalue weighted by Crippen LogP contribution is -1.91. The summed E-state index contributed by atoms with van der Waals surface area (Å²) in [5.74, 6) is 0.331. The summed E-state index contributed by atoms with van der Waals surface area (Å²) in [5, 5.41) is 11.0. The molecule has 0 amide bonds. The van der Waals surface area contributed by atoms with Crippen molar-refractivity contribution < 1.29 is 9.84 Å². The number of hydrogen-bond donors (Lipinski definition) is 1. The summed E-state index contributed by atoms with van der Waals surface area (Å²) >= 11 is 0. The molecule has 0 aromatic heterocycles. The smallest absolute Gasteiger partial charge is 0.274 e. The number of benzene rings is 2. The maximum absolute atomic E-state index is 8.95. The minimum atomic E-state index is -0.290. The van der Waals surface area contributed by atoms with Gasteiger partial charge in [0.15, 0.2) is 0 Å². The molecule has 0 bridgehead atoms. The first-order valence-electron chi connectivity index (χ1n) is 4.31. The van der Waals surface area contributed by atoms with Crippen molar-refractivity contribution in [3.05, 3.63) is 55.0 Å². The maximum atomic E-state index is 8.95. The van der Waals surface area contributed by atoms with Crippen LogP contribution in [-0.4, -0.2) is 5.11 Å². The van der Waals surface area contributed by atoms with Gasteiger partial charge >= 0.3 is 0 Å². The third kappa shape index (κ3) is 1.55. The van der Waals surface area contributed by atoms with Crippen molar-refractivity contribution in [3.63, 3.8) is 0 Å². The molecule has 2 aromatic rings. The Morgan fingerprint density at radius 2 is 1.79 bits per heavy atom. The van der Waals surface area contributed by atoms with Crippen LogP contribution < -0.4 is 4.74 Å². The average molecular weight is 186 g/mol. The Labute approximate surface area is 82.1 Å². The van der Waals surface area contributed by atoms with Crippen molar-refractivity contribution in [1.82, 2.24) is 0 Å². The van der Waals surface area contributed by atoms with Crippen molar-refractivity contribution in [2.45, 2.75) is 0 Å². The van der Waals surface area contributed by atoms with Crippen molar-refractivity contribution in [3.8, 4) is 5.75 Å². The molecule has 2 nitrogen and oxygen atoms in total. The van der Waals surface area contributed by atoms with Gasteiger partial charge < -0.3 is 9.84 Å². The highest BCUT2D eigenvalue weighted by atomic mass is 16.6. The summed E-state index contributed by atoms with van der Waals surface area (Å²) in [6.45, 7) is 3.29. The molecule has 0 aliphatic carbocycles. The van der Waals surface area contributed by atoms with Crippen LogP contribution in [0.3, 0.4) is 0 Å². The minimum absolute atomic E-state index is 0.290. The third-order valence-electron chi connectivity index (χ3n) is 1.98. The predicted molar refractivity (Wildman–Crippen MR) is 56.3 cm³/mol. The van der Waals surface area contributed by atoms with Gasteiger partial charge in [0, 0.05) is 5.39 Å². The van der Waals surface area contributed by atoms with Crippen molar-refractivity contribution in [2.75, 3.05) is 0 Å². The van der Waals surface area contributed by atoms with E-state index in [9.17, 15) is 0 Å². The van der Waals surface area contributed by atoms with Gasteiger partial charge in [-0.1, -0.05) is 36.4 Å². The molecule has 0 radical (unpaired) electrons. The number of aliphatic hydroxyl groups is 1. The molecule has 2 rings (SSSR count). The molecule has 0 fully saturated rings. The van der Waals surface area contributed by atoms with E-state index in [2.05, 4.69) is 6.58 Å². The van der Waals surface area contributed by atoms with Gasteiger partial charge in [-0.05, 0) is 18.0 Å². The van der Waals surface area contributed by atoms with E-state index in [0.29, 0.717) is 5.75 Å². The van der Waals surface area contributed by atoms with Crippen LogP contribution in [0.5, 0.6) is 5.75 Å². The van der Waals surface area contributed by atoms with Gasteiger partial charge in [0.1, 0.15) is 5.75 Å². The maximum Gasteiger partial charge on any atom is 0.274 e. The zero-order valence-corrected chi connectivity index (χ0v) is 7.60. The lowest BCUT2D eigenvalue weighted by atomic mass is 10.1. The first kappa shape index (κ1) is 8.63. The number of aliphatic hydroxyl groups excluding tert-OH is 1. The Balaban J connectivity index is 2.59. The van der Waals surface area contributed by atoms with Crippen LogP contribution >= 0.6 is 0 Å². The van der Waals surface area contributed by atoms with E-state index in [0.717, 1.165) is 10.8 Å². The average Bonchev–Trinajstić information content (AvgIpc) is 2.18. The van der Waals surface area contributed by atoms with Gasteiger partial charge in [-0.25, -0.2) is 0 Å². The molecule has 14 heavy (non-hydrogen) atoms. The number of rotatable bonds is 2.